The second kappa shape index (κ2) is 7.29. The van der Waals surface area contributed by atoms with Gasteiger partial charge in [0.2, 0.25) is 17.0 Å². The molecule has 0 bridgehead atoms. The molecular formula is C30H25N2O2+. The van der Waals surface area contributed by atoms with Crippen molar-refractivity contribution >= 4 is 34.0 Å². The zero-order valence-corrected chi connectivity index (χ0v) is 18.9. The van der Waals surface area contributed by atoms with Gasteiger partial charge in [0.1, 0.15) is 12.3 Å². The lowest BCUT2D eigenvalue weighted by Gasteiger charge is -2.38. The average Bonchev–Trinajstić information content (AvgIpc) is 2.89. The minimum Gasteiger partial charge on any atom is -0.506 e. The molecule has 0 unspecified atom stereocenters. The Kier molecular flexibility index (Phi) is 4.19. The summed E-state index contributed by atoms with van der Waals surface area (Å²) in [5, 5.41) is 12.5. The van der Waals surface area contributed by atoms with Gasteiger partial charge in [0.15, 0.2) is 0 Å². The summed E-state index contributed by atoms with van der Waals surface area (Å²) in [7, 11) is 0. The van der Waals surface area contributed by atoms with E-state index in [1.54, 1.807) is 0 Å². The minimum absolute atomic E-state index is 0.00860. The molecule has 0 radical (unpaired) electrons. The van der Waals surface area contributed by atoms with Crippen LogP contribution in [0.1, 0.15) is 36.9 Å². The number of fused-ring (bicyclic) bond motifs is 6. The van der Waals surface area contributed by atoms with Crippen LogP contribution in [-0.4, -0.2) is 17.4 Å². The van der Waals surface area contributed by atoms with Crippen LogP contribution in [0.2, 0.25) is 0 Å². The Balaban J connectivity index is 1.37. The fourth-order valence-corrected chi connectivity index (χ4v) is 6.09. The highest BCUT2D eigenvalue weighted by Crippen LogP contribution is 2.45. The van der Waals surface area contributed by atoms with Crippen molar-refractivity contribution in [2.24, 2.45) is 0 Å². The number of pyridine rings is 1. The molecule has 3 aromatic rings. The predicted molar refractivity (Wildman–Crippen MR) is 134 cm³/mol. The maximum atomic E-state index is 13.6. The molecule has 2 aromatic carbocycles. The van der Waals surface area contributed by atoms with E-state index in [0.29, 0.717) is 11.1 Å². The first-order chi connectivity index (χ1) is 16.7. The third-order valence-electron chi connectivity index (χ3n) is 7.64. The summed E-state index contributed by atoms with van der Waals surface area (Å²) in [5.74, 6) is 0.170. The van der Waals surface area contributed by atoms with Crippen LogP contribution < -0.4 is 9.47 Å². The molecular weight excluding hydrogens is 420 g/mol. The summed E-state index contributed by atoms with van der Waals surface area (Å²) in [5.41, 5.74) is 8.63. The van der Waals surface area contributed by atoms with Gasteiger partial charge < -0.3 is 10.0 Å². The van der Waals surface area contributed by atoms with E-state index in [-0.39, 0.29) is 11.5 Å². The number of para-hydroxylation sites is 2. The highest BCUT2D eigenvalue weighted by atomic mass is 16.3. The fraction of sp³-hybridized carbons (Fsp3) is 0.200. The minimum atomic E-state index is -0.00860. The third-order valence-corrected chi connectivity index (χ3v) is 7.64. The second-order valence-corrected chi connectivity index (χ2v) is 9.45. The van der Waals surface area contributed by atoms with Crippen molar-refractivity contribution in [2.45, 2.75) is 32.2 Å². The number of hydrogen-bond acceptors (Lipinski definition) is 3. The van der Waals surface area contributed by atoms with Gasteiger partial charge >= 0.3 is 0 Å². The molecule has 4 heteroatoms. The van der Waals surface area contributed by atoms with Crippen LogP contribution in [-0.2, 0) is 11.3 Å². The Bertz CT molecular complexity index is 1540. The van der Waals surface area contributed by atoms with Gasteiger partial charge in [-0.05, 0) is 54.7 Å². The highest BCUT2D eigenvalue weighted by Gasteiger charge is 2.43. The number of rotatable bonds is 1. The van der Waals surface area contributed by atoms with Crippen LogP contribution in [0.3, 0.4) is 0 Å². The number of carbonyl (C=O) groups is 1. The van der Waals surface area contributed by atoms with Gasteiger partial charge in [-0.2, -0.15) is 4.57 Å². The van der Waals surface area contributed by atoms with Gasteiger partial charge in [0.05, 0.1) is 11.1 Å². The van der Waals surface area contributed by atoms with Gasteiger partial charge in [-0.15, -0.1) is 0 Å². The fourth-order valence-electron chi connectivity index (χ4n) is 6.09. The van der Waals surface area contributed by atoms with Crippen LogP contribution in [0.25, 0.3) is 22.6 Å². The SMILES string of the molecule is O=C1C(C2=C3C=Cc4ccccc4N3CCC2)=C(O)/C1=C1/CCC[n+]2c1ccc1ccccc12. The summed E-state index contributed by atoms with van der Waals surface area (Å²) in [6.07, 6.45) is 7.76. The van der Waals surface area contributed by atoms with Crippen molar-refractivity contribution in [3.05, 3.63) is 106 Å². The maximum absolute atomic E-state index is 13.6. The summed E-state index contributed by atoms with van der Waals surface area (Å²) >= 11 is 0. The number of nitrogens with zero attached hydrogens (tertiary/aromatic N) is 2. The number of aliphatic hydroxyl groups excluding tert-OH is 1. The van der Waals surface area contributed by atoms with Crippen molar-refractivity contribution in [1.29, 1.82) is 0 Å². The molecule has 3 aliphatic heterocycles. The largest absolute Gasteiger partial charge is 0.506 e. The molecule has 7 rings (SSSR count). The zero-order valence-electron chi connectivity index (χ0n) is 18.9. The van der Waals surface area contributed by atoms with Crippen LogP contribution in [0.15, 0.2) is 94.9 Å². The summed E-state index contributed by atoms with van der Waals surface area (Å²) in [4.78, 5) is 15.9. The summed E-state index contributed by atoms with van der Waals surface area (Å²) < 4.78 is 2.30. The number of carbonyl (C=O) groups excluding carboxylic acids is 1. The first-order valence-corrected chi connectivity index (χ1v) is 12.1. The predicted octanol–water partition coefficient (Wildman–Crippen LogP) is 5.65. The van der Waals surface area contributed by atoms with E-state index >= 15 is 0 Å². The van der Waals surface area contributed by atoms with E-state index in [0.717, 1.165) is 61.3 Å². The van der Waals surface area contributed by atoms with E-state index < -0.39 is 0 Å². The quantitative estimate of drug-likeness (QED) is 0.389. The lowest BCUT2D eigenvalue weighted by molar-refractivity contribution is -0.677. The van der Waals surface area contributed by atoms with Gasteiger partial charge in [-0.1, -0.05) is 36.4 Å². The standard InChI is InChI=1S/C30H24N2O2/c33-29-27(21-9-5-17-31-23-11-3-1-7-19(23)13-15-25(21)31)30(34)28(29)22-10-6-18-32-24-12-4-2-8-20(24)14-16-26(22)32/h1-4,7-8,11-16H,5-6,9-10,17-18H2/p+1. The van der Waals surface area contributed by atoms with Crippen LogP contribution in [0.5, 0.6) is 0 Å². The topological polar surface area (TPSA) is 44.4 Å². The monoisotopic (exact) mass is 445 g/mol. The molecule has 34 heavy (non-hydrogen) atoms. The zero-order chi connectivity index (χ0) is 22.8. The maximum Gasteiger partial charge on any atom is 0.212 e. The van der Waals surface area contributed by atoms with Crippen LogP contribution in [0.4, 0.5) is 5.69 Å². The number of anilines is 1. The molecule has 0 saturated heterocycles. The Morgan fingerprint density at radius 3 is 2.56 bits per heavy atom. The first-order valence-electron chi connectivity index (χ1n) is 12.1. The normalized spacial score (nSPS) is 21.4. The van der Waals surface area contributed by atoms with Gasteiger partial charge in [0, 0.05) is 47.4 Å². The molecule has 1 aliphatic carbocycles. The van der Waals surface area contributed by atoms with Crippen molar-refractivity contribution in [2.75, 3.05) is 11.4 Å². The molecule has 166 valence electrons. The number of allylic oxidation sites excluding steroid dienone is 5. The molecule has 4 heterocycles. The van der Waals surface area contributed by atoms with E-state index in [2.05, 4.69) is 70.1 Å². The van der Waals surface area contributed by atoms with E-state index in [4.69, 9.17) is 0 Å². The molecule has 0 saturated carbocycles. The Morgan fingerprint density at radius 2 is 1.65 bits per heavy atom. The summed E-state index contributed by atoms with van der Waals surface area (Å²) in [6, 6.07) is 20.9. The number of ketones is 1. The molecule has 1 N–H and O–H groups in total. The average molecular weight is 446 g/mol. The molecule has 0 atom stereocenters. The smallest absolute Gasteiger partial charge is 0.212 e. The highest BCUT2D eigenvalue weighted by molar-refractivity contribution is 6.25. The van der Waals surface area contributed by atoms with Crippen LogP contribution >= 0.6 is 0 Å². The van der Waals surface area contributed by atoms with Gasteiger partial charge in [-0.3, -0.25) is 4.79 Å². The number of aliphatic hydroxyl groups is 1. The second-order valence-electron chi connectivity index (χ2n) is 9.45. The van der Waals surface area contributed by atoms with Gasteiger partial charge in [-0.25, -0.2) is 0 Å². The van der Waals surface area contributed by atoms with E-state index in [1.807, 2.05) is 12.1 Å². The van der Waals surface area contributed by atoms with E-state index in [1.165, 1.54) is 22.2 Å². The molecule has 0 fully saturated rings. The van der Waals surface area contributed by atoms with Crippen molar-refractivity contribution in [3.8, 4) is 0 Å². The van der Waals surface area contributed by atoms with Crippen LogP contribution in [0, 0.1) is 0 Å². The Morgan fingerprint density at radius 1 is 0.824 bits per heavy atom. The lowest BCUT2D eigenvalue weighted by atomic mass is 9.75. The molecule has 0 spiro atoms. The van der Waals surface area contributed by atoms with Gasteiger partial charge in [0.25, 0.3) is 0 Å². The Hall–Kier alpha value is -3.92. The number of hydrogen-bond donors (Lipinski definition) is 1. The number of aromatic nitrogens is 1. The van der Waals surface area contributed by atoms with Crippen molar-refractivity contribution < 1.29 is 14.5 Å². The lowest BCUT2D eigenvalue weighted by Crippen LogP contribution is -2.43. The number of aryl methyl sites for hydroxylation is 1. The van der Waals surface area contributed by atoms with Crippen molar-refractivity contribution in [3.63, 3.8) is 0 Å². The third kappa shape index (κ3) is 2.65. The number of Topliss-reactive ketones (excluding diaryl/α,β-unsaturated/α-hetero) is 1. The molecule has 1 aromatic heterocycles. The Labute approximate surface area is 198 Å². The van der Waals surface area contributed by atoms with E-state index in [9.17, 15) is 9.90 Å². The first kappa shape index (κ1) is 19.5. The molecule has 4 aliphatic rings. The summed E-state index contributed by atoms with van der Waals surface area (Å²) in [6.45, 7) is 1.85. The van der Waals surface area contributed by atoms with Crippen molar-refractivity contribution in [1.82, 2.24) is 0 Å². The molecule has 0 amide bonds. The molecule has 4 nitrogen and oxygen atoms in total. The number of benzene rings is 2.